The van der Waals surface area contributed by atoms with Crippen LogP contribution in [0, 0.1) is 5.82 Å². The molecule has 0 aromatic heterocycles. The van der Waals surface area contributed by atoms with E-state index in [0.29, 0.717) is 12.2 Å². The van der Waals surface area contributed by atoms with E-state index in [0.717, 1.165) is 56.1 Å². The van der Waals surface area contributed by atoms with Gasteiger partial charge in [0, 0.05) is 38.8 Å². The Labute approximate surface area is 200 Å². The van der Waals surface area contributed by atoms with Crippen molar-refractivity contribution >= 4 is 11.7 Å². The minimum absolute atomic E-state index is 0.0191. The molecule has 3 aliphatic rings. The van der Waals surface area contributed by atoms with E-state index < -0.39 is 0 Å². The molecule has 0 spiro atoms. The summed E-state index contributed by atoms with van der Waals surface area (Å²) in [4.78, 5) is 17.1. The summed E-state index contributed by atoms with van der Waals surface area (Å²) in [6.45, 7) is 3.68. The first-order chi connectivity index (χ1) is 16.7. The lowest BCUT2D eigenvalue weighted by atomic mass is 9.96. The average molecular weight is 469 g/mol. The number of benzene rings is 2. The number of ether oxygens (including phenoxy) is 2. The highest BCUT2D eigenvalue weighted by molar-refractivity contribution is 5.74. The first kappa shape index (κ1) is 22.8. The number of urea groups is 1. The maximum atomic E-state index is 14.3. The molecule has 0 radical (unpaired) electrons. The van der Waals surface area contributed by atoms with Crippen LogP contribution < -0.4 is 25.0 Å². The van der Waals surface area contributed by atoms with Crippen molar-refractivity contribution in [2.75, 3.05) is 44.4 Å². The molecule has 2 aromatic rings. The third-order valence-corrected chi connectivity index (χ3v) is 7.13. The normalized spacial score (nSPS) is 19.6. The Morgan fingerprint density at radius 3 is 2.56 bits per heavy atom. The second-order valence-electron chi connectivity index (χ2n) is 9.29. The first-order valence-electron chi connectivity index (χ1n) is 12.3. The predicted molar refractivity (Wildman–Crippen MR) is 129 cm³/mol. The zero-order valence-electron chi connectivity index (χ0n) is 19.5. The summed E-state index contributed by atoms with van der Waals surface area (Å²) in [5.74, 6) is 1.29. The van der Waals surface area contributed by atoms with Gasteiger partial charge in [0.2, 0.25) is 6.79 Å². The summed E-state index contributed by atoms with van der Waals surface area (Å²) in [7, 11) is 0. The number of hydrogen-bond acceptors (Lipinski definition) is 5. The van der Waals surface area contributed by atoms with Gasteiger partial charge in [-0.05, 0) is 42.7 Å². The number of rotatable bonds is 6. The molecule has 182 valence electrons. The molecule has 1 aliphatic carbocycles. The number of halogens is 1. The van der Waals surface area contributed by atoms with Crippen LogP contribution in [0.25, 0.3) is 0 Å². The lowest BCUT2D eigenvalue weighted by Crippen LogP contribution is -2.51. The molecule has 2 N–H and O–H groups in total. The second kappa shape index (κ2) is 10.5. The van der Waals surface area contributed by atoms with Crippen molar-refractivity contribution in [2.24, 2.45) is 0 Å². The number of nitrogens with zero attached hydrogens (tertiary/aromatic N) is 2. The van der Waals surface area contributed by atoms with Crippen molar-refractivity contribution in [2.45, 2.75) is 44.2 Å². The number of hydrogen-bond donors (Lipinski definition) is 2. The van der Waals surface area contributed by atoms with Gasteiger partial charge in [0.1, 0.15) is 5.82 Å². The molecule has 1 saturated heterocycles. The SMILES string of the molecule is O=C(NC[C@H](c1ccc2c(c1)OCO2)N1CCN(c2ccccc2F)CC1)NC1CCCCC1. The van der Waals surface area contributed by atoms with Gasteiger partial charge in [-0.1, -0.05) is 37.5 Å². The molecule has 5 rings (SSSR count). The number of para-hydroxylation sites is 1. The van der Waals surface area contributed by atoms with Crippen molar-refractivity contribution in [3.63, 3.8) is 0 Å². The van der Waals surface area contributed by atoms with E-state index in [9.17, 15) is 9.18 Å². The Balaban J connectivity index is 1.26. The lowest BCUT2D eigenvalue weighted by Gasteiger charge is -2.40. The average Bonchev–Trinajstić information content (AvgIpc) is 3.34. The molecule has 2 aliphatic heterocycles. The van der Waals surface area contributed by atoms with E-state index in [1.54, 1.807) is 6.07 Å². The molecule has 2 amide bonds. The highest BCUT2D eigenvalue weighted by atomic mass is 19.1. The molecule has 0 unspecified atom stereocenters. The standard InChI is InChI=1S/C26H33FN4O3/c27-21-8-4-5-9-22(21)30-12-14-31(15-13-30)23(19-10-11-24-25(16-19)34-18-33-24)17-28-26(32)29-20-6-2-1-3-7-20/h4-5,8-11,16,20,23H,1-3,6-7,12-15,17-18H2,(H2,28,29,32)/t23-/m1/s1. The van der Waals surface area contributed by atoms with Gasteiger partial charge in [0.25, 0.3) is 0 Å². The van der Waals surface area contributed by atoms with Crippen LogP contribution in [0.3, 0.4) is 0 Å². The van der Waals surface area contributed by atoms with E-state index in [2.05, 4.69) is 20.4 Å². The summed E-state index contributed by atoms with van der Waals surface area (Å²) < 4.78 is 25.4. The zero-order valence-corrected chi connectivity index (χ0v) is 19.5. The zero-order chi connectivity index (χ0) is 23.3. The van der Waals surface area contributed by atoms with Crippen molar-refractivity contribution in [3.05, 3.63) is 53.8 Å². The van der Waals surface area contributed by atoms with Gasteiger partial charge < -0.3 is 25.0 Å². The Kier molecular flexibility index (Phi) is 7.04. The van der Waals surface area contributed by atoms with Gasteiger partial charge in [-0.3, -0.25) is 4.90 Å². The monoisotopic (exact) mass is 468 g/mol. The summed E-state index contributed by atoms with van der Waals surface area (Å²) in [6, 6.07) is 13.0. The molecular formula is C26H33FN4O3. The van der Waals surface area contributed by atoms with Gasteiger partial charge in [0.05, 0.1) is 11.7 Å². The van der Waals surface area contributed by atoms with E-state index in [1.807, 2.05) is 30.3 Å². The van der Waals surface area contributed by atoms with Gasteiger partial charge in [-0.25, -0.2) is 9.18 Å². The predicted octanol–water partition coefficient (Wildman–Crippen LogP) is 4.05. The van der Waals surface area contributed by atoms with Crippen LogP contribution in [0.2, 0.25) is 0 Å². The van der Waals surface area contributed by atoms with Crippen LogP contribution in [0.1, 0.15) is 43.7 Å². The van der Waals surface area contributed by atoms with E-state index in [1.165, 1.54) is 25.3 Å². The number of nitrogens with one attached hydrogen (secondary N) is 2. The summed E-state index contributed by atoms with van der Waals surface area (Å²) in [6.07, 6.45) is 5.72. The lowest BCUT2D eigenvalue weighted by molar-refractivity contribution is 0.172. The molecule has 2 heterocycles. The van der Waals surface area contributed by atoms with Crippen LogP contribution in [0.15, 0.2) is 42.5 Å². The minimum Gasteiger partial charge on any atom is -0.454 e. The van der Waals surface area contributed by atoms with Crippen molar-refractivity contribution in [1.82, 2.24) is 15.5 Å². The van der Waals surface area contributed by atoms with E-state index >= 15 is 0 Å². The maximum absolute atomic E-state index is 14.3. The smallest absolute Gasteiger partial charge is 0.315 e. The van der Waals surface area contributed by atoms with Crippen LogP contribution in [0.5, 0.6) is 11.5 Å². The number of amides is 2. The molecular weight excluding hydrogens is 435 g/mol. The third kappa shape index (κ3) is 5.22. The Morgan fingerprint density at radius 2 is 1.76 bits per heavy atom. The Bertz CT molecular complexity index is 990. The highest BCUT2D eigenvalue weighted by Crippen LogP contribution is 2.36. The summed E-state index contributed by atoms with van der Waals surface area (Å²) in [5.41, 5.74) is 1.72. The van der Waals surface area contributed by atoms with Crippen LogP contribution in [0.4, 0.5) is 14.9 Å². The second-order valence-corrected chi connectivity index (χ2v) is 9.29. The van der Waals surface area contributed by atoms with Gasteiger partial charge in [-0.2, -0.15) is 0 Å². The van der Waals surface area contributed by atoms with Gasteiger partial charge in [0.15, 0.2) is 11.5 Å². The van der Waals surface area contributed by atoms with E-state index in [-0.39, 0.29) is 30.7 Å². The molecule has 0 bridgehead atoms. The molecule has 1 atom stereocenters. The fourth-order valence-electron chi connectivity index (χ4n) is 5.23. The minimum atomic E-state index is -0.190. The third-order valence-electron chi connectivity index (χ3n) is 7.13. The molecule has 8 heteroatoms. The summed E-state index contributed by atoms with van der Waals surface area (Å²) >= 11 is 0. The van der Waals surface area contributed by atoms with Gasteiger partial charge >= 0.3 is 6.03 Å². The number of piperazine rings is 1. The molecule has 7 nitrogen and oxygen atoms in total. The molecule has 2 fully saturated rings. The Hall–Kier alpha value is -3.00. The van der Waals surface area contributed by atoms with Crippen LogP contribution in [-0.4, -0.2) is 56.5 Å². The Morgan fingerprint density at radius 1 is 1.00 bits per heavy atom. The first-order valence-corrected chi connectivity index (χ1v) is 12.3. The highest BCUT2D eigenvalue weighted by Gasteiger charge is 2.28. The quantitative estimate of drug-likeness (QED) is 0.670. The topological polar surface area (TPSA) is 66.1 Å². The number of carbonyl (C=O) groups excluding carboxylic acids is 1. The van der Waals surface area contributed by atoms with Crippen molar-refractivity contribution in [1.29, 1.82) is 0 Å². The number of carbonyl (C=O) groups is 1. The van der Waals surface area contributed by atoms with Crippen molar-refractivity contribution < 1.29 is 18.7 Å². The van der Waals surface area contributed by atoms with Crippen LogP contribution >= 0.6 is 0 Å². The molecule has 34 heavy (non-hydrogen) atoms. The fraction of sp³-hybridized carbons (Fsp3) is 0.500. The largest absolute Gasteiger partial charge is 0.454 e. The maximum Gasteiger partial charge on any atom is 0.315 e. The van der Waals surface area contributed by atoms with Gasteiger partial charge in [-0.15, -0.1) is 0 Å². The molecule has 1 saturated carbocycles. The number of fused-ring (bicyclic) bond motifs is 1. The summed E-state index contributed by atoms with van der Waals surface area (Å²) in [5, 5.41) is 6.25. The van der Waals surface area contributed by atoms with Crippen molar-refractivity contribution in [3.8, 4) is 11.5 Å². The van der Waals surface area contributed by atoms with E-state index in [4.69, 9.17) is 9.47 Å². The molecule has 2 aromatic carbocycles. The fourth-order valence-corrected chi connectivity index (χ4v) is 5.23. The van der Waals surface area contributed by atoms with Crippen LogP contribution in [-0.2, 0) is 0 Å². The number of anilines is 1.